The molecule has 0 spiro atoms. The Labute approximate surface area is 109 Å². The van der Waals surface area contributed by atoms with Gasteiger partial charge in [0.2, 0.25) is 0 Å². The molecule has 0 aliphatic heterocycles. The standard InChI is InChI=1S/C12H14N4OS/c1-7-11(18-6-16-7)5-15-10-3-2-8(13)4-9(10)12(14)17/h2-4,6,15H,5,13H2,1H3,(H2,14,17). The first-order valence-corrected chi connectivity index (χ1v) is 6.28. The molecule has 1 heterocycles. The number of thiazole rings is 1. The summed E-state index contributed by atoms with van der Waals surface area (Å²) in [6.07, 6.45) is 0. The zero-order chi connectivity index (χ0) is 13.1. The molecule has 0 saturated heterocycles. The molecule has 0 atom stereocenters. The van der Waals surface area contributed by atoms with Gasteiger partial charge in [0.05, 0.1) is 23.3 Å². The van der Waals surface area contributed by atoms with Crippen molar-refractivity contribution in [2.24, 2.45) is 5.73 Å². The minimum atomic E-state index is -0.495. The van der Waals surface area contributed by atoms with Gasteiger partial charge in [-0.15, -0.1) is 11.3 Å². The van der Waals surface area contributed by atoms with E-state index in [1.165, 1.54) is 0 Å². The molecule has 5 N–H and O–H groups in total. The molecule has 0 fully saturated rings. The van der Waals surface area contributed by atoms with Crippen molar-refractivity contribution in [1.29, 1.82) is 0 Å². The van der Waals surface area contributed by atoms with E-state index >= 15 is 0 Å². The van der Waals surface area contributed by atoms with E-state index < -0.39 is 5.91 Å². The summed E-state index contributed by atoms with van der Waals surface area (Å²) >= 11 is 1.57. The van der Waals surface area contributed by atoms with Crippen LogP contribution in [0.25, 0.3) is 0 Å². The number of rotatable bonds is 4. The van der Waals surface area contributed by atoms with Gasteiger partial charge in [-0.05, 0) is 25.1 Å². The number of carbonyl (C=O) groups excluding carboxylic acids is 1. The SMILES string of the molecule is Cc1ncsc1CNc1ccc(N)cc1C(N)=O. The van der Waals surface area contributed by atoms with Gasteiger partial charge in [-0.1, -0.05) is 0 Å². The Bertz CT molecular complexity index is 579. The van der Waals surface area contributed by atoms with Crippen molar-refractivity contribution >= 4 is 28.6 Å². The second-order valence-corrected chi connectivity index (χ2v) is 4.82. The van der Waals surface area contributed by atoms with E-state index in [1.807, 2.05) is 6.92 Å². The average molecular weight is 262 g/mol. The number of anilines is 2. The first-order chi connectivity index (χ1) is 8.58. The third kappa shape index (κ3) is 2.60. The molecule has 5 nitrogen and oxygen atoms in total. The lowest BCUT2D eigenvalue weighted by Crippen LogP contribution is -2.14. The molecule has 6 heteroatoms. The number of primary amides is 1. The summed E-state index contributed by atoms with van der Waals surface area (Å²) < 4.78 is 0. The molecule has 18 heavy (non-hydrogen) atoms. The van der Waals surface area contributed by atoms with Crippen LogP contribution in [-0.4, -0.2) is 10.9 Å². The topological polar surface area (TPSA) is 94.0 Å². The minimum Gasteiger partial charge on any atom is -0.399 e. The number of nitrogens with two attached hydrogens (primary N) is 2. The van der Waals surface area contributed by atoms with Gasteiger partial charge < -0.3 is 16.8 Å². The number of hydrogen-bond donors (Lipinski definition) is 3. The van der Waals surface area contributed by atoms with Crippen molar-refractivity contribution in [3.05, 3.63) is 39.8 Å². The molecule has 0 unspecified atom stereocenters. The highest BCUT2D eigenvalue weighted by molar-refractivity contribution is 7.09. The summed E-state index contributed by atoms with van der Waals surface area (Å²) in [7, 11) is 0. The highest BCUT2D eigenvalue weighted by Crippen LogP contribution is 2.21. The maximum Gasteiger partial charge on any atom is 0.250 e. The Hall–Kier alpha value is -2.08. The van der Waals surface area contributed by atoms with Gasteiger partial charge in [0.15, 0.2) is 0 Å². The average Bonchev–Trinajstić information content (AvgIpc) is 2.73. The number of nitrogen functional groups attached to an aromatic ring is 1. The number of carbonyl (C=O) groups is 1. The number of benzene rings is 1. The van der Waals surface area contributed by atoms with Crippen LogP contribution in [0.3, 0.4) is 0 Å². The number of nitrogens with one attached hydrogen (secondary N) is 1. The summed E-state index contributed by atoms with van der Waals surface area (Å²) in [5.74, 6) is -0.495. The lowest BCUT2D eigenvalue weighted by molar-refractivity contribution is 0.100. The van der Waals surface area contributed by atoms with Crippen LogP contribution < -0.4 is 16.8 Å². The van der Waals surface area contributed by atoms with E-state index in [1.54, 1.807) is 35.0 Å². The fraction of sp³-hybridized carbons (Fsp3) is 0.167. The van der Waals surface area contributed by atoms with Crippen LogP contribution in [0.4, 0.5) is 11.4 Å². The van der Waals surface area contributed by atoms with Gasteiger partial charge in [-0.3, -0.25) is 4.79 Å². The first kappa shape index (κ1) is 12.4. The molecule has 0 saturated carbocycles. The summed E-state index contributed by atoms with van der Waals surface area (Å²) in [6, 6.07) is 5.06. The van der Waals surface area contributed by atoms with Crippen molar-refractivity contribution in [1.82, 2.24) is 4.98 Å². The molecule has 0 radical (unpaired) electrons. The molecule has 2 rings (SSSR count). The number of hydrogen-bond acceptors (Lipinski definition) is 5. The predicted molar refractivity (Wildman–Crippen MR) is 73.6 cm³/mol. The van der Waals surface area contributed by atoms with Crippen molar-refractivity contribution in [2.45, 2.75) is 13.5 Å². The van der Waals surface area contributed by atoms with Gasteiger partial charge >= 0.3 is 0 Å². The van der Waals surface area contributed by atoms with E-state index in [4.69, 9.17) is 11.5 Å². The highest BCUT2D eigenvalue weighted by atomic mass is 32.1. The van der Waals surface area contributed by atoms with Crippen LogP contribution in [0, 0.1) is 6.92 Å². The van der Waals surface area contributed by atoms with Crippen LogP contribution >= 0.6 is 11.3 Å². The van der Waals surface area contributed by atoms with Crippen molar-refractivity contribution in [2.75, 3.05) is 11.1 Å². The fourth-order valence-corrected chi connectivity index (χ4v) is 2.31. The Morgan fingerprint density at radius 2 is 2.28 bits per heavy atom. The third-order valence-corrected chi connectivity index (χ3v) is 3.53. The van der Waals surface area contributed by atoms with Crippen LogP contribution in [0.2, 0.25) is 0 Å². The molecule has 0 aliphatic carbocycles. The van der Waals surface area contributed by atoms with Gasteiger partial charge in [-0.2, -0.15) is 0 Å². The fourth-order valence-electron chi connectivity index (χ4n) is 1.59. The largest absolute Gasteiger partial charge is 0.399 e. The quantitative estimate of drug-likeness (QED) is 0.731. The maximum absolute atomic E-state index is 11.3. The van der Waals surface area contributed by atoms with Crippen LogP contribution in [0.15, 0.2) is 23.7 Å². The molecular weight excluding hydrogens is 248 g/mol. The van der Waals surface area contributed by atoms with Gasteiger partial charge in [-0.25, -0.2) is 4.98 Å². The van der Waals surface area contributed by atoms with Crippen LogP contribution in [-0.2, 0) is 6.54 Å². The van der Waals surface area contributed by atoms with Crippen molar-refractivity contribution < 1.29 is 4.79 Å². The molecule has 1 aromatic heterocycles. The molecule has 1 amide bonds. The van der Waals surface area contributed by atoms with Gasteiger partial charge in [0, 0.05) is 16.3 Å². The summed E-state index contributed by atoms with van der Waals surface area (Å²) in [4.78, 5) is 16.6. The summed E-state index contributed by atoms with van der Waals surface area (Å²) in [5, 5.41) is 3.18. The second-order valence-electron chi connectivity index (χ2n) is 3.88. The number of aryl methyl sites for hydroxylation is 1. The molecule has 2 aromatic rings. The Balaban J connectivity index is 2.19. The summed E-state index contributed by atoms with van der Waals surface area (Å²) in [6.45, 7) is 2.56. The lowest BCUT2D eigenvalue weighted by Gasteiger charge is -2.10. The van der Waals surface area contributed by atoms with Gasteiger partial charge in [0.25, 0.3) is 5.91 Å². The van der Waals surface area contributed by atoms with E-state index in [-0.39, 0.29) is 0 Å². The Morgan fingerprint density at radius 1 is 1.50 bits per heavy atom. The third-order valence-electron chi connectivity index (χ3n) is 2.59. The Kier molecular flexibility index (Phi) is 3.47. The van der Waals surface area contributed by atoms with E-state index in [0.29, 0.717) is 23.5 Å². The molecule has 0 aliphatic rings. The maximum atomic E-state index is 11.3. The molecule has 0 bridgehead atoms. The number of nitrogens with zero attached hydrogens (tertiary/aromatic N) is 1. The van der Waals surface area contributed by atoms with Crippen molar-refractivity contribution in [3.8, 4) is 0 Å². The summed E-state index contributed by atoms with van der Waals surface area (Å²) in [5.41, 5.74) is 15.3. The van der Waals surface area contributed by atoms with Crippen LogP contribution in [0.1, 0.15) is 20.9 Å². The van der Waals surface area contributed by atoms with E-state index in [9.17, 15) is 4.79 Å². The van der Waals surface area contributed by atoms with Gasteiger partial charge in [0.1, 0.15) is 0 Å². The number of aromatic nitrogens is 1. The van der Waals surface area contributed by atoms with Crippen LogP contribution in [0.5, 0.6) is 0 Å². The second kappa shape index (κ2) is 5.05. The lowest BCUT2D eigenvalue weighted by atomic mass is 10.1. The monoisotopic (exact) mass is 262 g/mol. The van der Waals surface area contributed by atoms with Crippen molar-refractivity contribution in [3.63, 3.8) is 0 Å². The first-order valence-electron chi connectivity index (χ1n) is 5.40. The zero-order valence-electron chi connectivity index (χ0n) is 9.93. The zero-order valence-corrected chi connectivity index (χ0v) is 10.8. The molecule has 1 aromatic carbocycles. The van der Waals surface area contributed by atoms with E-state index in [0.717, 1.165) is 10.6 Å². The predicted octanol–water partition coefficient (Wildman–Crippen LogP) is 1.74. The normalized spacial score (nSPS) is 10.3. The van der Waals surface area contributed by atoms with E-state index in [2.05, 4.69) is 10.3 Å². The highest BCUT2D eigenvalue weighted by Gasteiger charge is 2.09. The number of amides is 1. The molecule has 94 valence electrons. The molecular formula is C12H14N4OS. The Morgan fingerprint density at radius 3 is 2.89 bits per heavy atom. The minimum absolute atomic E-state index is 0.400. The smallest absolute Gasteiger partial charge is 0.250 e.